The van der Waals surface area contributed by atoms with E-state index in [0.29, 0.717) is 59.6 Å². The average Bonchev–Trinajstić information content (AvgIpc) is 3.88. The molecule has 2 aromatic carbocycles. The predicted molar refractivity (Wildman–Crippen MR) is 267 cm³/mol. The lowest BCUT2D eigenvalue weighted by molar-refractivity contribution is -0.0167. The summed E-state index contributed by atoms with van der Waals surface area (Å²) in [5.74, 6) is 4.97. The molecule has 0 spiro atoms. The number of aromatic nitrogens is 4. The van der Waals surface area contributed by atoms with E-state index in [0.717, 1.165) is 111 Å². The van der Waals surface area contributed by atoms with E-state index in [1.54, 1.807) is 0 Å². The van der Waals surface area contributed by atoms with Gasteiger partial charge in [0.15, 0.2) is 0 Å². The minimum Gasteiger partial charge on any atom is -0.378 e. The van der Waals surface area contributed by atoms with Gasteiger partial charge in [-0.25, -0.2) is 19.9 Å². The van der Waals surface area contributed by atoms with Gasteiger partial charge >= 0.3 is 0 Å². The quantitative estimate of drug-likeness (QED) is 0.150. The highest BCUT2D eigenvalue weighted by molar-refractivity contribution is 5.95. The minimum atomic E-state index is -0.281. The van der Waals surface area contributed by atoms with Crippen LogP contribution in [0.25, 0.3) is 0 Å². The summed E-state index contributed by atoms with van der Waals surface area (Å²) in [7, 11) is 0. The van der Waals surface area contributed by atoms with E-state index in [4.69, 9.17) is 29.4 Å². The van der Waals surface area contributed by atoms with E-state index in [-0.39, 0.29) is 30.0 Å². The van der Waals surface area contributed by atoms with Crippen molar-refractivity contribution in [2.24, 2.45) is 17.8 Å². The third-order valence-corrected chi connectivity index (χ3v) is 16.2. The molecule has 14 heteroatoms. The summed E-state index contributed by atoms with van der Waals surface area (Å²) in [6, 6.07) is 21.3. The van der Waals surface area contributed by atoms with Crippen molar-refractivity contribution in [2.75, 3.05) is 65.6 Å². The number of hydrogen-bond acceptors (Lipinski definition) is 12. The number of amides is 2. The molecule has 4 saturated heterocycles. The van der Waals surface area contributed by atoms with E-state index in [9.17, 15) is 9.59 Å². The number of anilines is 4. The van der Waals surface area contributed by atoms with Gasteiger partial charge in [0.05, 0.1) is 49.4 Å². The molecule has 6 fully saturated rings. The Morgan fingerprint density at radius 2 is 1.12 bits per heavy atom. The number of nitrogens with one attached hydrogen (secondary N) is 2. The summed E-state index contributed by atoms with van der Waals surface area (Å²) in [6.07, 6.45) is 11.0. The average molecular weight is 925 g/mol. The molecule has 68 heavy (non-hydrogen) atoms. The van der Waals surface area contributed by atoms with Crippen LogP contribution in [-0.4, -0.2) is 108 Å². The lowest BCUT2D eigenvalue weighted by atomic mass is 9.75. The molecule has 2 saturated carbocycles. The molecular formula is C54H72N10O4. The van der Waals surface area contributed by atoms with Gasteiger partial charge in [-0.15, -0.1) is 0 Å². The van der Waals surface area contributed by atoms with Crippen LogP contribution in [0.3, 0.4) is 0 Å². The van der Waals surface area contributed by atoms with Gasteiger partial charge in [0.25, 0.3) is 11.8 Å². The fourth-order valence-corrected chi connectivity index (χ4v) is 12.8. The molecule has 6 aliphatic rings. The molecular weight excluding hydrogens is 853 g/mol. The summed E-state index contributed by atoms with van der Waals surface area (Å²) in [4.78, 5) is 56.3. The van der Waals surface area contributed by atoms with E-state index < -0.39 is 0 Å². The molecule has 4 aromatic rings. The summed E-state index contributed by atoms with van der Waals surface area (Å²) >= 11 is 0. The van der Waals surface area contributed by atoms with Gasteiger partial charge < -0.3 is 39.7 Å². The van der Waals surface area contributed by atoms with Gasteiger partial charge in [-0.1, -0.05) is 12.8 Å². The number of ether oxygens (including phenoxy) is 2. The molecule has 2 amide bonds. The van der Waals surface area contributed by atoms with Gasteiger partial charge in [0.1, 0.15) is 23.3 Å². The zero-order valence-electron chi connectivity index (χ0n) is 41.1. The number of fused-ring (bicyclic) bond motifs is 2. The van der Waals surface area contributed by atoms with Crippen LogP contribution < -0.4 is 30.2 Å². The van der Waals surface area contributed by atoms with Crippen LogP contribution in [0, 0.1) is 31.6 Å². The van der Waals surface area contributed by atoms with Crippen molar-refractivity contribution < 1.29 is 19.1 Å². The number of rotatable bonds is 11. The van der Waals surface area contributed by atoms with Gasteiger partial charge in [-0.05, 0) is 153 Å². The minimum absolute atomic E-state index is 0.101. The highest BCUT2D eigenvalue weighted by atomic mass is 16.5. The predicted octanol–water partition coefficient (Wildman–Crippen LogP) is 8.15. The Morgan fingerprint density at radius 1 is 0.603 bits per heavy atom. The first kappa shape index (κ1) is 46.4. The van der Waals surface area contributed by atoms with Crippen molar-refractivity contribution in [3.05, 3.63) is 94.8 Å². The van der Waals surface area contributed by atoms with Crippen molar-refractivity contribution in [3.63, 3.8) is 0 Å². The van der Waals surface area contributed by atoms with Crippen LogP contribution in [0.1, 0.15) is 141 Å². The zero-order valence-corrected chi connectivity index (χ0v) is 41.1. The third kappa shape index (κ3) is 9.77. The van der Waals surface area contributed by atoms with Crippen LogP contribution in [0.4, 0.5) is 23.0 Å². The number of nitrogens with zero attached hydrogens (tertiary/aromatic N) is 8. The fraction of sp³-hybridized carbons (Fsp3) is 0.593. The van der Waals surface area contributed by atoms with Crippen molar-refractivity contribution in [2.45, 2.75) is 142 Å². The standard InChI is InChI=1S/C54H72N10O4/c1-33-27-41-9-7-8-10-48(41)63(33)51-30-46(57-37(5)59-51)35(3)56-54(66)40-13-18-45(19-14-40)62-23-26-68-50(32-62)42-15-20-49-43(29-42)28-34(2)64(49)52-31-47(58-38(6)60-52)36(4)55-53(65)39-11-16-44(17-12-39)61-21-24-67-25-22-61/h11-14,16-19,30-31,33-36,41-43,48-50H,7-10,15,20-29,32H2,1-6H3,(H,55,65)(H,56,66)/t33?,34?,35?,36-,41?,42?,43?,48?,49?,50?/m0/s1. The first-order valence-corrected chi connectivity index (χ1v) is 25.7. The van der Waals surface area contributed by atoms with Gasteiger partial charge in [-0.2, -0.15) is 0 Å². The molecule has 362 valence electrons. The second-order valence-corrected chi connectivity index (χ2v) is 20.8. The van der Waals surface area contributed by atoms with E-state index >= 15 is 0 Å². The number of morpholine rings is 2. The lowest BCUT2D eigenvalue weighted by Crippen LogP contribution is -2.48. The maximum Gasteiger partial charge on any atom is 0.251 e. The van der Waals surface area contributed by atoms with Gasteiger partial charge in [-0.3, -0.25) is 9.59 Å². The Balaban J connectivity index is 0.732. The molecule has 10 atom stereocenters. The fourth-order valence-electron chi connectivity index (χ4n) is 12.8. The van der Waals surface area contributed by atoms with E-state index in [2.05, 4.69) is 68.3 Å². The molecule has 0 radical (unpaired) electrons. The van der Waals surface area contributed by atoms with Crippen molar-refractivity contribution >= 4 is 34.8 Å². The van der Waals surface area contributed by atoms with Crippen LogP contribution in [0.2, 0.25) is 0 Å². The number of aryl methyl sites for hydroxylation is 2. The largest absolute Gasteiger partial charge is 0.378 e. The smallest absolute Gasteiger partial charge is 0.251 e. The Bertz CT molecular complexity index is 2410. The first-order chi connectivity index (χ1) is 32.9. The Hall–Kier alpha value is -5.34. The van der Waals surface area contributed by atoms with Crippen LogP contribution >= 0.6 is 0 Å². The second-order valence-electron chi connectivity index (χ2n) is 20.8. The number of hydrogen-bond donors (Lipinski definition) is 2. The lowest BCUT2D eigenvalue weighted by Gasteiger charge is -2.43. The third-order valence-electron chi connectivity index (χ3n) is 16.2. The summed E-state index contributed by atoms with van der Waals surface area (Å²) in [5.41, 5.74) is 5.18. The Kier molecular flexibility index (Phi) is 13.6. The summed E-state index contributed by atoms with van der Waals surface area (Å²) in [6.45, 7) is 18.1. The Labute approximate surface area is 403 Å². The monoisotopic (exact) mass is 925 g/mol. The summed E-state index contributed by atoms with van der Waals surface area (Å²) < 4.78 is 12.0. The molecule has 10 rings (SSSR count). The SMILES string of the molecule is Cc1nc(C(C)NC(=O)c2ccc(N3CCOC(C4CCC5C(C4)CC(C)N5c4cc([C@H](C)NC(=O)c5ccc(N6CCOCC6)cc5)nc(C)n4)C3)cc2)cc(N2C(C)CC3CCCCC32)n1. The van der Waals surface area contributed by atoms with Crippen LogP contribution in [0.5, 0.6) is 0 Å². The molecule has 2 aromatic heterocycles. The highest BCUT2D eigenvalue weighted by Crippen LogP contribution is 2.46. The topological polar surface area (TPSA) is 141 Å². The summed E-state index contributed by atoms with van der Waals surface area (Å²) in [5, 5.41) is 6.43. The number of carbonyl (C=O) groups excluding carboxylic acids is 2. The molecule has 14 nitrogen and oxygen atoms in total. The Morgan fingerprint density at radius 3 is 1.71 bits per heavy atom. The number of carbonyl (C=O) groups is 2. The van der Waals surface area contributed by atoms with E-state index in [1.807, 2.05) is 64.1 Å². The second kappa shape index (κ2) is 19.9. The molecule has 0 bridgehead atoms. The van der Waals surface area contributed by atoms with Crippen LogP contribution in [0.15, 0.2) is 60.7 Å². The first-order valence-electron chi connectivity index (χ1n) is 25.7. The maximum absolute atomic E-state index is 13.6. The van der Waals surface area contributed by atoms with Gasteiger partial charge in [0.2, 0.25) is 0 Å². The molecule has 4 aliphatic heterocycles. The van der Waals surface area contributed by atoms with Crippen molar-refractivity contribution in [1.82, 2.24) is 30.6 Å². The molecule has 2 aliphatic carbocycles. The molecule has 9 unspecified atom stereocenters. The number of benzene rings is 2. The zero-order chi connectivity index (χ0) is 47.1. The highest BCUT2D eigenvalue weighted by Gasteiger charge is 2.46. The van der Waals surface area contributed by atoms with Crippen molar-refractivity contribution in [3.8, 4) is 0 Å². The van der Waals surface area contributed by atoms with E-state index in [1.165, 1.54) is 32.1 Å². The molecule has 6 heterocycles. The maximum atomic E-state index is 13.6. The molecule has 2 N–H and O–H groups in total. The normalized spacial score (nSPS) is 28.1. The van der Waals surface area contributed by atoms with Crippen LogP contribution in [-0.2, 0) is 9.47 Å². The van der Waals surface area contributed by atoms with Crippen molar-refractivity contribution in [1.29, 1.82) is 0 Å². The van der Waals surface area contributed by atoms with Gasteiger partial charge in [0, 0.05) is 85.0 Å².